The summed E-state index contributed by atoms with van der Waals surface area (Å²) in [6, 6.07) is 16.8. The van der Waals surface area contributed by atoms with E-state index >= 15 is 0 Å². The first-order valence-electron chi connectivity index (χ1n) is 8.20. The second-order valence-electron chi connectivity index (χ2n) is 6.13. The highest BCUT2D eigenvalue weighted by Crippen LogP contribution is 2.28. The lowest BCUT2D eigenvalue weighted by molar-refractivity contribution is -0.385. The molecule has 5 heteroatoms. The summed E-state index contributed by atoms with van der Waals surface area (Å²) in [6.07, 6.45) is 1.96. The largest absolute Gasteiger partial charge is 0.342 e. The van der Waals surface area contributed by atoms with Gasteiger partial charge in [0, 0.05) is 24.7 Å². The average molecular weight is 324 g/mol. The third-order valence-electron chi connectivity index (χ3n) is 4.65. The summed E-state index contributed by atoms with van der Waals surface area (Å²) in [6.45, 7) is 1.41. The minimum atomic E-state index is -0.426. The number of amides is 1. The Morgan fingerprint density at radius 3 is 2.33 bits per heavy atom. The van der Waals surface area contributed by atoms with Crippen LogP contribution in [0, 0.1) is 10.1 Å². The van der Waals surface area contributed by atoms with Crippen molar-refractivity contribution in [2.24, 2.45) is 0 Å². The molecule has 24 heavy (non-hydrogen) atoms. The van der Waals surface area contributed by atoms with Crippen LogP contribution in [-0.4, -0.2) is 28.8 Å². The van der Waals surface area contributed by atoms with Crippen molar-refractivity contribution in [1.29, 1.82) is 0 Å². The maximum atomic E-state index is 12.5. The van der Waals surface area contributed by atoms with Gasteiger partial charge in [-0.05, 0) is 24.3 Å². The summed E-state index contributed by atoms with van der Waals surface area (Å²) in [4.78, 5) is 25.0. The summed E-state index contributed by atoms with van der Waals surface area (Å²) in [7, 11) is 0. The lowest BCUT2D eigenvalue weighted by atomic mass is 9.89. The molecule has 0 spiro atoms. The topological polar surface area (TPSA) is 63.4 Å². The minimum Gasteiger partial charge on any atom is -0.342 e. The molecule has 0 atom stereocenters. The predicted molar refractivity (Wildman–Crippen MR) is 91.8 cm³/mol. The van der Waals surface area contributed by atoms with E-state index in [-0.39, 0.29) is 18.0 Å². The fraction of sp³-hybridized carbons (Fsp3) is 0.316. The van der Waals surface area contributed by atoms with E-state index in [9.17, 15) is 14.9 Å². The molecule has 0 radical (unpaired) electrons. The van der Waals surface area contributed by atoms with Crippen LogP contribution in [-0.2, 0) is 11.2 Å². The number of rotatable bonds is 4. The van der Waals surface area contributed by atoms with Gasteiger partial charge in [0.05, 0.1) is 11.3 Å². The first kappa shape index (κ1) is 16.2. The third-order valence-corrected chi connectivity index (χ3v) is 4.65. The summed E-state index contributed by atoms with van der Waals surface area (Å²) < 4.78 is 0. The van der Waals surface area contributed by atoms with Gasteiger partial charge in [0.15, 0.2) is 0 Å². The van der Waals surface area contributed by atoms with Crippen LogP contribution in [0.3, 0.4) is 0 Å². The zero-order valence-corrected chi connectivity index (χ0v) is 13.4. The number of carbonyl (C=O) groups excluding carboxylic acids is 1. The van der Waals surface area contributed by atoms with Crippen LogP contribution >= 0.6 is 0 Å². The molecule has 0 saturated carbocycles. The number of hydrogen-bond acceptors (Lipinski definition) is 3. The lowest BCUT2D eigenvalue weighted by Gasteiger charge is -2.32. The van der Waals surface area contributed by atoms with Crippen LogP contribution in [0.1, 0.15) is 29.9 Å². The van der Waals surface area contributed by atoms with E-state index in [1.54, 1.807) is 18.2 Å². The molecule has 1 heterocycles. The van der Waals surface area contributed by atoms with Gasteiger partial charge in [-0.2, -0.15) is 0 Å². The molecule has 2 aromatic carbocycles. The van der Waals surface area contributed by atoms with Crippen molar-refractivity contribution in [3.63, 3.8) is 0 Å². The van der Waals surface area contributed by atoms with Gasteiger partial charge in [0.1, 0.15) is 0 Å². The van der Waals surface area contributed by atoms with Gasteiger partial charge in [-0.3, -0.25) is 14.9 Å². The van der Waals surface area contributed by atoms with Crippen molar-refractivity contribution in [2.45, 2.75) is 25.2 Å². The molecule has 3 rings (SSSR count). The number of carbonyl (C=O) groups is 1. The zero-order valence-electron chi connectivity index (χ0n) is 13.4. The molecule has 1 aliphatic rings. The Morgan fingerprint density at radius 2 is 1.67 bits per heavy atom. The highest BCUT2D eigenvalue weighted by molar-refractivity contribution is 5.80. The molecular weight excluding hydrogens is 304 g/mol. The van der Waals surface area contributed by atoms with Gasteiger partial charge in [-0.1, -0.05) is 48.5 Å². The van der Waals surface area contributed by atoms with E-state index in [1.807, 2.05) is 23.1 Å². The van der Waals surface area contributed by atoms with Crippen LogP contribution in [0.25, 0.3) is 0 Å². The molecule has 1 saturated heterocycles. The number of benzene rings is 2. The molecule has 0 bridgehead atoms. The van der Waals surface area contributed by atoms with E-state index < -0.39 is 4.92 Å². The maximum Gasteiger partial charge on any atom is 0.273 e. The molecule has 1 amide bonds. The average Bonchev–Trinajstić information content (AvgIpc) is 2.63. The van der Waals surface area contributed by atoms with Gasteiger partial charge in [0.25, 0.3) is 5.69 Å². The van der Waals surface area contributed by atoms with Crippen LogP contribution in [0.4, 0.5) is 5.69 Å². The van der Waals surface area contributed by atoms with E-state index in [1.165, 1.54) is 11.6 Å². The number of nitro groups is 1. The molecule has 0 N–H and O–H groups in total. The molecular formula is C19H20N2O3. The maximum absolute atomic E-state index is 12.5. The third kappa shape index (κ3) is 3.62. The first-order chi connectivity index (χ1) is 11.6. The van der Waals surface area contributed by atoms with E-state index in [4.69, 9.17) is 0 Å². The van der Waals surface area contributed by atoms with Crippen molar-refractivity contribution in [1.82, 2.24) is 4.90 Å². The van der Waals surface area contributed by atoms with E-state index in [2.05, 4.69) is 12.1 Å². The smallest absolute Gasteiger partial charge is 0.273 e. The molecule has 2 aromatic rings. The van der Waals surface area contributed by atoms with Gasteiger partial charge in [0.2, 0.25) is 5.91 Å². The molecule has 1 fully saturated rings. The number of nitrogens with zero attached hydrogens (tertiary/aromatic N) is 2. The fourth-order valence-electron chi connectivity index (χ4n) is 3.30. The summed E-state index contributed by atoms with van der Waals surface area (Å²) in [5, 5.41) is 11.1. The van der Waals surface area contributed by atoms with Gasteiger partial charge < -0.3 is 4.90 Å². The Bertz CT molecular complexity index is 722. The summed E-state index contributed by atoms with van der Waals surface area (Å²) in [5.41, 5.74) is 1.83. The number of likely N-dealkylation sites (tertiary alicyclic amines) is 1. The zero-order chi connectivity index (χ0) is 16.9. The lowest BCUT2D eigenvalue weighted by Crippen LogP contribution is -2.38. The second kappa shape index (κ2) is 7.25. The summed E-state index contributed by atoms with van der Waals surface area (Å²) in [5.74, 6) is 0.456. The summed E-state index contributed by atoms with van der Waals surface area (Å²) >= 11 is 0. The Morgan fingerprint density at radius 1 is 1.04 bits per heavy atom. The predicted octanol–water partition coefficient (Wildman–Crippen LogP) is 3.54. The molecule has 124 valence electrons. The van der Waals surface area contributed by atoms with Crippen LogP contribution in [0.5, 0.6) is 0 Å². The van der Waals surface area contributed by atoms with Crippen LogP contribution in [0.15, 0.2) is 54.6 Å². The normalized spacial score (nSPS) is 15.2. The van der Waals surface area contributed by atoms with Crippen molar-refractivity contribution in [2.75, 3.05) is 13.1 Å². The SMILES string of the molecule is O=C(Cc1ccccc1[N+](=O)[O-])N1CCC(c2ccccc2)CC1. The van der Waals surface area contributed by atoms with Crippen molar-refractivity contribution in [3.8, 4) is 0 Å². The van der Waals surface area contributed by atoms with Crippen molar-refractivity contribution in [3.05, 3.63) is 75.8 Å². The monoisotopic (exact) mass is 324 g/mol. The van der Waals surface area contributed by atoms with Gasteiger partial charge in [-0.25, -0.2) is 0 Å². The Kier molecular flexibility index (Phi) is 4.89. The fourth-order valence-corrected chi connectivity index (χ4v) is 3.30. The van der Waals surface area contributed by atoms with Gasteiger partial charge in [-0.15, -0.1) is 0 Å². The molecule has 1 aliphatic heterocycles. The van der Waals surface area contributed by atoms with Gasteiger partial charge >= 0.3 is 0 Å². The molecule has 0 unspecified atom stereocenters. The molecule has 0 aromatic heterocycles. The Balaban J connectivity index is 1.61. The van der Waals surface area contributed by atoms with Crippen LogP contribution < -0.4 is 0 Å². The van der Waals surface area contributed by atoms with E-state index in [0.717, 1.165) is 12.8 Å². The Labute approximate surface area is 141 Å². The van der Waals surface area contributed by atoms with E-state index in [0.29, 0.717) is 24.6 Å². The quantitative estimate of drug-likeness (QED) is 0.638. The number of para-hydroxylation sites is 1. The number of nitro benzene ring substituents is 1. The van der Waals surface area contributed by atoms with Crippen LogP contribution in [0.2, 0.25) is 0 Å². The number of piperidine rings is 1. The second-order valence-corrected chi connectivity index (χ2v) is 6.13. The van der Waals surface area contributed by atoms with Crippen molar-refractivity contribution < 1.29 is 9.72 Å². The Hall–Kier alpha value is -2.69. The standard InChI is InChI=1S/C19H20N2O3/c22-19(14-17-8-4-5-9-18(17)21(23)24)20-12-10-16(11-13-20)15-6-2-1-3-7-15/h1-9,16H,10-14H2. The molecule has 0 aliphatic carbocycles. The first-order valence-corrected chi connectivity index (χ1v) is 8.20. The highest BCUT2D eigenvalue weighted by Gasteiger charge is 2.25. The van der Waals surface area contributed by atoms with Crippen molar-refractivity contribution >= 4 is 11.6 Å². The number of hydrogen-bond donors (Lipinski definition) is 0. The molecule has 5 nitrogen and oxygen atoms in total. The highest BCUT2D eigenvalue weighted by atomic mass is 16.6. The minimum absolute atomic E-state index is 0.0185.